The van der Waals surface area contributed by atoms with Crippen LogP contribution in [0.1, 0.15) is 70.3 Å². The molecule has 9 heteroatoms. The Morgan fingerprint density at radius 1 is 1.28 bits per heavy atom. The molecule has 0 aromatic carbocycles. The summed E-state index contributed by atoms with van der Waals surface area (Å²) < 4.78 is 21.2. The number of nitrogens with zero attached hydrogens (tertiary/aromatic N) is 1. The van der Waals surface area contributed by atoms with Crippen LogP contribution in [0.4, 0.5) is 0 Å². The average Bonchev–Trinajstić information content (AvgIpc) is 2.80. The smallest absolute Gasteiger partial charge is 0.328 e. The molecule has 4 atom stereocenters. The minimum absolute atomic E-state index is 0.0233. The van der Waals surface area contributed by atoms with Crippen LogP contribution in [0, 0.1) is 11.8 Å². The number of cyclic esters (lactones) is 1. The highest BCUT2D eigenvalue weighted by Gasteiger charge is 2.32. The molecule has 0 aliphatic carbocycles. The Balaban J connectivity index is 2.18. The molecule has 1 aliphatic rings. The maximum Gasteiger partial charge on any atom is 0.328 e. The maximum absolute atomic E-state index is 13.0. The number of esters is 2. The van der Waals surface area contributed by atoms with Crippen LogP contribution in [0.3, 0.4) is 0 Å². The molecule has 1 aliphatic heterocycles. The van der Waals surface area contributed by atoms with Crippen molar-refractivity contribution in [3.05, 3.63) is 18.0 Å². The summed E-state index contributed by atoms with van der Waals surface area (Å²) in [6.07, 6.45) is 5.54. The van der Waals surface area contributed by atoms with Crippen LogP contribution in [0.5, 0.6) is 11.5 Å². The van der Waals surface area contributed by atoms with Crippen molar-refractivity contribution in [1.29, 1.82) is 0 Å². The van der Waals surface area contributed by atoms with Crippen molar-refractivity contribution in [2.45, 2.75) is 71.9 Å². The molecule has 2 heterocycles. The van der Waals surface area contributed by atoms with Gasteiger partial charge in [0.2, 0.25) is 6.79 Å². The van der Waals surface area contributed by atoms with E-state index >= 15 is 0 Å². The van der Waals surface area contributed by atoms with Gasteiger partial charge in [-0.25, -0.2) is 9.78 Å². The summed E-state index contributed by atoms with van der Waals surface area (Å²) in [5.41, 5.74) is -0.0746. The van der Waals surface area contributed by atoms with Crippen molar-refractivity contribution in [1.82, 2.24) is 10.3 Å². The standard InChI is InChI=1S/C23H34N2O7/c1-6-8-17-9-7-10-18(23(28)32-15(3)14(17)2)25-22(27)20-21(31-13-30-16(4)26)19(29-5)11-12-24-20/h11-12,14-15,17-18H,6-10,13H2,1-5H3,(H,25,27). The van der Waals surface area contributed by atoms with Crippen LogP contribution < -0.4 is 14.8 Å². The molecular formula is C23H34N2O7. The molecule has 1 amide bonds. The number of carbonyl (C=O) groups excluding carboxylic acids is 3. The molecule has 0 bridgehead atoms. The Kier molecular flexibility index (Phi) is 9.74. The van der Waals surface area contributed by atoms with E-state index in [4.69, 9.17) is 18.9 Å². The minimum Gasteiger partial charge on any atom is -0.493 e. The fourth-order valence-corrected chi connectivity index (χ4v) is 3.92. The van der Waals surface area contributed by atoms with Crippen molar-refractivity contribution < 1.29 is 33.3 Å². The zero-order chi connectivity index (χ0) is 23.7. The zero-order valence-electron chi connectivity index (χ0n) is 19.5. The van der Waals surface area contributed by atoms with E-state index in [0.29, 0.717) is 12.3 Å². The summed E-state index contributed by atoms with van der Waals surface area (Å²) >= 11 is 0. The molecule has 9 nitrogen and oxygen atoms in total. The highest BCUT2D eigenvalue weighted by Crippen LogP contribution is 2.31. The molecule has 178 valence electrons. The number of ether oxygens (including phenoxy) is 4. The zero-order valence-corrected chi connectivity index (χ0v) is 19.5. The Morgan fingerprint density at radius 3 is 2.69 bits per heavy atom. The van der Waals surface area contributed by atoms with Crippen LogP contribution >= 0.6 is 0 Å². The van der Waals surface area contributed by atoms with E-state index < -0.39 is 30.7 Å². The summed E-state index contributed by atoms with van der Waals surface area (Å²) in [7, 11) is 1.42. The van der Waals surface area contributed by atoms with E-state index in [1.54, 1.807) is 0 Å². The van der Waals surface area contributed by atoms with Gasteiger partial charge >= 0.3 is 11.9 Å². The first-order valence-corrected chi connectivity index (χ1v) is 11.1. The van der Waals surface area contributed by atoms with E-state index in [1.807, 2.05) is 6.92 Å². The van der Waals surface area contributed by atoms with Crippen LogP contribution in [0.15, 0.2) is 12.3 Å². The summed E-state index contributed by atoms with van der Waals surface area (Å²) in [4.78, 5) is 40.9. The molecule has 1 fully saturated rings. The summed E-state index contributed by atoms with van der Waals surface area (Å²) in [6.45, 7) is 7.01. The molecule has 0 spiro atoms. The van der Waals surface area contributed by atoms with Crippen molar-refractivity contribution in [3.8, 4) is 11.5 Å². The number of nitrogens with one attached hydrogen (secondary N) is 1. The molecule has 1 saturated heterocycles. The monoisotopic (exact) mass is 450 g/mol. The third kappa shape index (κ3) is 6.83. The molecule has 2 rings (SSSR count). The van der Waals surface area contributed by atoms with Gasteiger partial charge in [0.05, 0.1) is 7.11 Å². The number of amides is 1. The van der Waals surface area contributed by atoms with E-state index in [-0.39, 0.29) is 29.2 Å². The van der Waals surface area contributed by atoms with Crippen molar-refractivity contribution >= 4 is 17.8 Å². The molecule has 1 aromatic heterocycles. The second-order valence-electron chi connectivity index (χ2n) is 8.10. The number of pyridine rings is 1. The van der Waals surface area contributed by atoms with Crippen molar-refractivity contribution in [2.75, 3.05) is 13.9 Å². The highest BCUT2D eigenvalue weighted by atomic mass is 16.7. The predicted octanol–water partition coefficient (Wildman–Crippen LogP) is 3.26. The SMILES string of the molecule is CCCC1CCCC(NC(=O)c2nccc(OC)c2OCOC(C)=O)C(=O)OC(C)C1C. The van der Waals surface area contributed by atoms with E-state index in [9.17, 15) is 14.4 Å². The minimum atomic E-state index is -0.799. The third-order valence-corrected chi connectivity index (χ3v) is 5.87. The number of carbonyl (C=O) groups is 3. The van der Waals surface area contributed by atoms with Gasteiger partial charge in [0, 0.05) is 19.2 Å². The largest absolute Gasteiger partial charge is 0.493 e. The van der Waals surface area contributed by atoms with Gasteiger partial charge in [-0.15, -0.1) is 0 Å². The van der Waals surface area contributed by atoms with Crippen LogP contribution in [0.2, 0.25) is 0 Å². The van der Waals surface area contributed by atoms with Gasteiger partial charge in [-0.1, -0.05) is 33.1 Å². The van der Waals surface area contributed by atoms with Gasteiger partial charge in [-0.3, -0.25) is 9.59 Å². The van der Waals surface area contributed by atoms with Gasteiger partial charge in [-0.05, 0) is 31.6 Å². The third-order valence-electron chi connectivity index (χ3n) is 5.87. The first-order valence-electron chi connectivity index (χ1n) is 11.1. The highest BCUT2D eigenvalue weighted by molar-refractivity contribution is 5.98. The fraction of sp³-hybridized carbons (Fsp3) is 0.652. The van der Waals surface area contributed by atoms with Gasteiger partial charge < -0.3 is 24.3 Å². The number of methoxy groups -OCH3 is 1. The van der Waals surface area contributed by atoms with Gasteiger partial charge in [-0.2, -0.15) is 0 Å². The summed E-state index contributed by atoms with van der Waals surface area (Å²) in [5, 5.41) is 2.73. The van der Waals surface area contributed by atoms with Crippen molar-refractivity contribution in [3.63, 3.8) is 0 Å². The fourth-order valence-electron chi connectivity index (χ4n) is 3.92. The summed E-state index contributed by atoms with van der Waals surface area (Å²) in [5.74, 6) is -0.603. The normalized spacial score (nSPS) is 23.7. The van der Waals surface area contributed by atoms with Gasteiger partial charge in [0.25, 0.3) is 5.91 Å². The first kappa shape index (κ1) is 25.4. The van der Waals surface area contributed by atoms with Crippen molar-refractivity contribution in [2.24, 2.45) is 11.8 Å². The molecular weight excluding hydrogens is 416 g/mol. The average molecular weight is 451 g/mol. The van der Waals surface area contributed by atoms with Crippen LogP contribution in [-0.2, 0) is 19.1 Å². The molecule has 32 heavy (non-hydrogen) atoms. The van der Waals surface area contributed by atoms with Crippen LogP contribution in [-0.4, -0.2) is 48.9 Å². The quantitative estimate of drug-likeness (QED) is 0.474. The number of rotatable bonds is 8. The van der Waals surface area contributed by atoms with Crippen LogP contribution in [0.25, 0.3) is 0 Å². The van der Waals surface area contributed by atoms with Gasteiger partial charge in [0.15, 0.2) is 17.2 Å². The Labute approximate surface area is 189 Å². The Hall–Kier alpha value is -2.84. The predicted molar refractivity (Wildman–Crippen MR) is 116 cm³/mol. The molecule has 0 radical (unpaired) electrons. The molecule has 1 aromatic rings. The lowest BCUT2D eigenvalue weighted by Crippen LogP contribution is -2.43. The van der Waals surface area contributed by atoms with E-state index in [0.717, 1.165) is 25.7 Å². The number of hydrogen-bond donors (Lipinski definition) is 1. The summed E-state index contributed by atoms with van der Waals surface area (Å²) in [6, 6.07) is 0.720. The second kappa shape index (κ2) is 12.3. The molecule has 1 N–H and O–H groups in total. The lowest BCUT2D eigenvalue weighted by atomic mass is 9.83. The Bertz CT molecular complexity index is 799. The first-order chi connectivity index (χ1) is 15.3. The molecule has 0 saturated carbocycles. The maximum atomic E-state index is 13.0. The van der Waals surface area contributed by atoms with Gasteiger partial charge in [0.1, 0.15) is 12.1 Å². The number of aromatic nitrogens is 1. The Morgan fingerprint density at radius 2 is 2.03 bits per heavy atom. The van der Waals surface area contributed by atoms with E-state index in [1.165, 1.54) is 26.3 Å². The lowest BCUT2D eigenvalue weighted by Gasteiger charge is -2.27. The second-order valence-corrected chi connectivity index (χ2v) is 8.10. The molecule has 4 unspecified atom stereocenters. The lowest BCUT2D eigenvalue weighted by molar-refractivity contribution is -0.153. The van der Waals surface area contributed by atoms with E-state index in [2.05, 4.69) is 24.1 Å². The number of hydrogen-bond acceptors (Lipinski definition) is 8. The topological polar surface area (TPSA) is 113 Å².